The van der Waals surface area contributed by atoms with Gasteiger partial charge in [-0.05, 0) is 31.4 Å². The molecule has 1 aromatic rings. The Hall–Kier alpha value is -1.31. The van der Waals surface area contributed by atoms with Crippen LogP contribution in [0.5, 0.6) is 11.5 Å². The molecular formula is C13H17NO5S. The molecule has 0 radical (unpaired) electrons. The molecule has 0 bridgehead atoms. The van der Waals surface area contributed by atoms with Crippen LogP contribution in [-0.2, 0) is 14.9 Å². The molecule has 7 heteroatoms. The molecule has 0 amide bonds. The van der Waals surface area contributed by atoms with Crippen LogP contribution in [0.4, 0.5) is 0 Å². The summed E-state index contributed by atoms with van der Waals surface area (Å²) in [6.45, 7) is 1.73. The van der Waals surface area contributed by atoms with Crippen LogP contribution in [0.15, 0.2) is 23.1 Å². The van der Waals surface area contributed by atoms with E-state index >= 15 is 0 Å². The maximum atomic E-state index is 12.5. The van der Waals surface area contributed by atoms with Crippen molar-refractivity contribution in [2.75, 3.05) is 26.4 Å². The Morgan fingerprint density at radius 3 is 2.60 bits per heavy atom. The van der Waals surface area contributed by atoms with E-state index in [0.29, 0.717) is 37.9 Å². The first kappa shape index (κ1) is 13.7. The predicted octanol–water partition coefficient (Wildman–Crippen LogP) is 1.56. The van der Waals surface area contributed by atoms with Gasteiger partial charge in [-0.2, -0.15) is 0 Å². The van der Waals surface area contributed by atoms with Crippen molar-refractivity contribution >= 4 is 10.0 Å². The molecule has 20 heavy (non-hydrogen) atoms. The first-order chi connectivity index (χ1) is 9.68. The molecule has 1 fully saturated rings. The topological polar surface area (TPSA) is 65.1 Å². The van der Waals surface area contributed by atoms with Crippen LogP contribution in [0.2, 0.25) is 0 Å². The molecule has 0 unspecified atom stereocenters. The number of hydrogen-bond donors (Lipinski definition) is 0. The largest absolute Gasteiger partial charge is 0.486 e. The van der Waals surface area contributed by atoms with Crippen molar-refractivity contribution in [3.8, 4) is 11.5 Å². The van der Waals surface area contributed by atoms with Crippen LogP contribution in [0.3, 0.4) is 0 Å². The lowest BCUT2D eigenvalue weighted by atomic mass is 10.2. The molecule has 2 aliphatic rings. The number of nitrogens with zero attached hydrogens (tertiary/aromatic N) is 1. The second-order valence-electron chi connectivity index (χ2n) is 4.73. The number of fused-ring (bicyclic) bond motifs is 1. The van der Waals surface area contributed by atoms with Gasteiger partial charge in [-0.1, -0.05) is 4.47 Å². The van der Waals surface area contributed by atoms with Crippen molar-refractivity contribution in [2.24, 2.45) is 0 Å². The van der Waals surface area contributed by atoms with Crippen LogP contribution in [0.1, 0.15) is 19.3 Å². The normalized spacial score (nSPS) is 20.4. The number of hydrogen-bond acceptors (Lipinski definition) is 5. The highest BCUT2D eigenvalue weighted by atomic mass is 32.2. The van der Waals surface area contributed by atoms with Crippen molar-refractivity contribution in [3.63, 3.8) is 0 Å². The third-order valence-corrected chi connectivity index (χ3v) is 4.97. The molecule has 2 aliphatic heterocycles. The Bertz CT molecular complexity index is 578. The van der Waals surface area contributed by atoms with Crippen molar-refractivity contribution in [1.82, 2.24) is 4.47 Å². The third-order valence-electron chi connectivity index (χ3n) is 3.30. The Morgan fingerprint density at radius 1 is 0.950 bits per heavy atom. The van der Waals surface area contributed by atoms with Crippen molar-refractivity contribution in [1.29, 1.82) is 0 Å². The first-order valence-electron chi connectivity index (χ1n) is 6.73. The van der Waals surface area contributed by atoms with E-state index in [4.69, 9.17) is 14.3 Å². The minimum absolute atomic E-state index is 0.170. The summed E-state index contributed by atoms with van der Waals surface area (Å²) in [5, 5.41) is 0. The molecule has 0 atom stereocenters. The van der Waals surface area contributed by atoms with Crippen LogP contribution in [0.25, 0.3) is 0 Å². The summed E-state index contributed by atoms with van der Waals surface area (Å²) < 4.78 is 37.0. The van der Waals surface area contributed by atoms with Gasteiger partial charge < -0.3 is 9.47 Å². The number of rotatable bonds is 2. The Balaban J connectivity index is 1.90. The van der Waals surface area contributed by atoms with Crippen LogP contribution in [0, 0.1) is 0 Å². The number of hydroxylamine groups is 1. The molecule has 0 aliphatic carbocycles. The minimum atomic E-state index is -3.64. The first-order valence-corrected chi connectivity index (χ1v) is 8.17. The van der Waals surface area contributed by atoms with Crippen LogP contribution < -0.4 is 9.47 Å². The van der Waals surface area contributed by atoms with E-state index in [-0.39, 0.29) is 4.90 Å². The molecule has 2 heterocycles. The molecule has 0 aromatic heterocycles. The smallest absolute Gasteiger partial charge is 0.265 e. The molecule has 0 spiro atoms. The summed E-state index contributed by atoms with van der Waals surface area (Å²) in [6, 6.07) is 4.65. The zero-order valence-corrected chi connectivity index (χ0v) is 11.9. The third kappa shape index (κ3) is 2.61. The molecule has 1 saturated heterocycles. The van der Waals surface area contributed by atoms with Gasteiger partial charge in [0, 0.05) is 12.6 Å². The quantitative estimate of drug-likeness (QED) is 0.829. The van der Waals surface area contributed by atoms with Gasteiger partial charge in [0.15, 0.2) is 11.5 Å². The van der Waals surface area contributed by atoms with Crippen molar-refractivity contribution in [3.05, 3.63) is 18.2 Å². The van der Waals surface area contributed by atoms with Crippen molar-refractivity contribution < 1.29 is 22.7 Å². The fraction of sp³-hybridized carbons (Fsp3) is 0.538. The minimum Gasteiger partial charge on any atom is -0.486 e. The molecule has 3 rings (SSSR count). The highest BCUT2D eigenvalue weighted by Gasteiger charge is 2.28. The molecule has 110 valence electrons. The molecule has 0 N–H and O–H groups in total. The van der Waals surface area contributed by atoms with Gasteiger partial charge in [0.25, 0.3) is 10.0 Å². The standard InChI is InChI=1S/C13H17NO5S/c15-20(16,14-6-2-1-3-7-19-14)11-4-5-12-13(10-11)18-9-8-17-12/h4-5,10H,1-3,6-9H2. The average molecular weight is 299 g/mol. The van der Waals surface area contributed by atoms with Crippen molar-refractivity contribution in [2.45, 2.75) is 24.2 Å². The fourth-order valence-electron chi connectivity index (χ4n) is 2.24. The molecular weight excluding hydrogens is 282 g/mol. The second-order valence-corrected chi connectivity index (χ2v) is 6.56. The van der Waals surface area contributed by atoms with Gasteiger partial charge in [-0.15, -0.1) is 0 Å². The van der Waals surface area contributed by atoms with E-state index in [9.17, 15) is 8.42 Å². The number of sulfonamides is 1. The summed E-state index contributed by atoms with van der Waals surface area (Å²) in [5.74, 6) is 1.04. The Kier molecular flexibility index (Phi) is 3.82. The fourth-order valence-corrected chi connectivity index (χ4v) is 3.56. The van der Waals surface area contributed by atoms with Gasteiger partial charge in [-0.3, -0.25) is 4.84 Å². The maximum absolute atomic E-state index is 12.5. The van der Waals surface area contributed by atoms with Gasteiger partial charge in [-0.25, -0.2) is 8.42 Å². The lowest BCUT2D eigenvalue weighted by molar-refractivity contribution is -0.0748. The molecule has 6 nitrogen and oxygen atoms in total. The summed E-state index contributed by atoms with van der Waals surface area (Å²) in [4.78, 5) is 5.51. The van der Waals surface area contributed by atoms with E-state index in [0.717, 1.165) is 23.7 Å². The van der Waals surface area contributed by atoms with Crippen LogP contribution in [-0.4, -0.2) is 39.3 Å². The SMILES string of the molecule is O=S(=O)(c1ccc2c(c1)OCCO2)N1CCCCCO1. The van der Waals surface area contributed by atoms with E-state index in [1.54, 1.807) is 6.07 Å². The highest BCUT2D eigenvalue weighted by molar-refractivity contribution is 7.89. The second kappa shape index (κ2) is 5.59. The lowest BCUT2D eigenvalue weighted by Gasteiger charge is -2.22. The van der Waals surface area contributed by atoms with E-state index in [1.807, 2.05) is 0 Å². The summed E-state index contributed by atoms with van der Waals surface area (Å²) in [5.41, 5.74) is 0. The lowest BCUT2D eigenvalue weighted by Crippen LogP contribution is -2.31. The Labute approximate surface area is 118 Å². The zero-order valence-electron chi connectivity index (χ0n) is 11.1. The van der Waals surface area contributed by atoms with Crippen LogP contribution >= 0.6 is 0 Å². The Morgan fingerprint density at radius 2 is 1.75 bits per heavy atom. The van der Waals surface area contributed by atoms with E-state index in [2.05, 4.69) is 0 Å². The summed E-state index contributed by atoms with van der Waals surface area (Å²) >= 11 is 0. The zero-order chi connectivity index (χ0) is 14.0. The summed E-state index contributed by atoms with van der Waals surface area (Å²) in [7, 11) is -3.64. The highest BCUT2D eigenvalue weighted by Crippen LogP contribution is 2.33. The van der Waals surface area contributed by atoms with Gasteiger partial charge in [0.05, 0.1) is 11.5 Å². The van der Waals surface area contributed by atoms with Gasteiger partial charge >= 0.3 is 0 Å². The average Bonchev–Trinajstić information content (AvgIpc) is 2.76. The molecule has 1 aromatic carbocycles. The van der Waals surface area contributed by atoms with Gasteiger partial charge in [0.2, 0.25) is 0 Å². The maximum Gasteiger partial charge on any atom is 0.265 e. The number of benzene rings is 1. The molecule has 0 saturated carbocycles. The summed E-state index contributed by atoms with van der Waals surface area (Å²) in [6.07, 6.45) is 2.67. The monoisotopic (exact) mass is 299 g/mol. The van der Waals surface area contributed by atoms with E-state index in [1.165, 1.54) is 12.1 Å². The van der Waals surface area contributed by atoms with E-state index < -0.39 is 10.0 Å². The van der Waals surface area contributed by atoms with Gasteiger partial charge in [0.1, 0.15) is 13.2 Å². The predicted molar refractivity (Wildman–Crippen MR) is 71.1 cm³/mol. The number of ether oxygens (including phenoxy) is 2.